The van der Waals surface area contributed by atoms with Crippen LogP contribution in [0.5, 0.6) is 5.75 Å². The Morgan fingerprint density at radius 3 is 2.97 bits per heavy atom. The van der Waals surface area contributed by atoms with Gasteiger partial charge in [-0.25, -0.2) is 14.5 Å². The van der Waals surface area contributed by atoms with Crippen LogP contribution in [0.3, 0.4) is 0 Å². The normalized spacial score (nSPS) is 22.1. The number of hydrogen-bond donors (Lipinski definition) is 2. The van der Waals surface area contributed by atoms with E-state index in [-0.39, 0.29) is 37.0 Å². The van der Waals surface area contributed by atoms with Crippen molar-refractivity contribution >= 4 is 34.8 Å². The Balaban J connectivity index is 1.45. The first-order chi connectivity index (χ1) is 15.2. The van der Waals surface area contributed by atoms with Crippen molar-refractivity contribution in [3.63, 3.8) is 0 Å². The highest BCUT2D eigenvalue weighted by Crippen LogP contribution is 2.37. The van der Waals surface area contributed by atoms with Gasteiger partial charge in [0.1, 0.15) is 10.6 Å². The van der Waals surface area contributed by atoms with Crippen LogP contribution < -0.4 is 10.7 Å². The van der Waals surface area contributed by atoms with Gasteiger partial charge in [-0.15, -0.1) is 0 Å². The van der Waals surface area contributed by atoms with Crippen molar-refractivity contribution in [2.45, 2.75) is 38.8 Å². The number of aliphatic imine (C=N–C) groups is 1. The topological polar surface area (TPSA) is 143 Å². The molecular formula is C19H19N7O5S. The zero-order valence-corrected chi connectivity index (χ0v) is 18.0. The number of hydrogen-bond acceptors (Lipinski definition) is 9. The second kappa shape index (κ2) is 6.97. The predicted molar refractivity (Wildman–Crippen MR) is 113 cm³/mol. The fourth-order valence-electron chi connectivity index (χ4n) is 4.09. The molecule has 0 spiro atoms. The molecule has 1 fully saturated rings. The molecule has 3 aromatic heterocycles. The Bertz CT molecular complexity index is 1330. The molecule has 166 valence electrons. The van der Waals surface area contributed by atoms with E-state index in [1.165, 1.54) is 27.0 Å². The van der Waals surface area contributed by atoms with Crippen LogP contribution in [-0.4, -0.2) is 66.2 Å². The van der Waals surface area contributed by atoms with Gasteiger partial charge in [0, 0.05) is 6.20 Å². The summed E-state index contributed by atoms with van der Waals surface area (Å²) in [5.41, 5.74) is -0.892. The largest absolute Gasteiger partial charge is 0.503 e. The first-order valence-electron chi connectivity index (χ1n) is 9.76. The Kier molecular flexibility index (Phi) is 4.43. The molecule has 0 aromatic carbocycles. The van der Waals surface area contributed by atoms with E-state index in [0.29, 0.717) is 10.7 Å². The Morgan fingerprint density at radius 1 is 1.47 bits per heavy atom. The minimum Gasteiger partial charge on any atom is -0.503 e. The fraction of sp³-hybridized carbons (Fsp3) is 0.368. The van der Waals surface area contributed by atoms with Gasteiger partial charge in [-0.2, -0.15) is 5.10 Å². The van der Waals surface area contributed by atoms with E-state index in [9.17, 15) is 19.5 Å². The maximum Gasteiger partial charge on any atom is 0.278 e. The molecule has 2 atom stereocenters. The van der Waals surface area contributed by atoms with Gasteiger partial charge in [0.2, 0.25) is 10.4 Å². The summed E-state index contributed by atoms with van der Waals surface area (Å²) in [6.07, 6.45) is 2.92. The number of pyridine rings is 1. The standard InChI is InChI=1S/C19H19N7O5S/c1-9-7-31-19(20-3)8-24-6-12(14(27)15(28)13(24)17(30)26(9)19)16(29)21-4-11-5-25-18(22-11)32-10(2)23-25/h5-6,9,28H,3-4,7-8H2,1-2H3,(H,21,29)/t9-,19-/m0/s1. The van der Waals surface area contributed by atoms with Crippen LogP contribution in [0.2, 0.25) is 0 Å². The maximum absolute atomic E-state index is 13.0. The Hall–Kier alpha value is -3.58. The van der Waals surface area contributed by atoms with Crippen LogP contribution in [0, 0.1) is 6.92 Å². The van der Waals surface area contributed by atoms with Gasteiger partial charge in [-0.05, 0) is 20.6 Å². The van der Waals surface area contributed by atoms with Crippen molar-refractivity contribution in [2.24, 2.45) is 4.99 Å². The molecule has 12 nitrogen and oxygen atoms in total. The van der Waals surface area contributed by atoms with Gasteiger partial charge in [0.05, 0.1) is 37.6 Å². The highest BCUT2D eigenvalue weighted by Gasteiger charge is 2.53. The van der Waals surface area contributed by atoms with E-state index in [0.717, 1.165) is 5.01 Å². The molecule has 0 bridgehead atoms. The monoisotopic (exact) mass is 457 g/mol. The lowest BCUT2D eigenvalue weighted by atomic mass is 10.1. The second-order valence-corrected chi connectivity index (χ2v) is 8.86. The number of nitrogens with zero attached hydrogens (tertiary/aromatic N) is 6. The molecule has 0 aliphatic carbocycles. The number of carbonyl (C=O) groups is 2. The smallest absolute Gasteiger partial charge is 0.278 e. The maximum atomic E-state index is 13.0. The van der Waals surface area contributed by atoms with Gasteiger partial charge in [0.15, 0.2) is 11.4 Å². The van der Waals surface area contributed by atoms with Gasteiger partial charge >= 0.3 is 0 Å². The molecule has 2 aliphatic heterocycles. The molecule has 2 amide bonds. The van der Waals surface area contributed by atoms with Crippen LogP contribution >= 0.6 is 11.3 Å². The number of aromatic nitrogens is 4. The lowest BCUT2D eigenvalue weighted by molar-refractivity contribution is -0.0821. The number of aromatic hydroxyl groups is 1. The predicted octanol–water partition coefficient (Wildman–Crippen LogP) is 0.125. The lowest BCUT2D eigenvalue weighted by Gasteiger charge is -2.40. The summed E-state index contributed by atoms with van der Waals surface area (Å²) in [5, 5.41) is 18.3. The van der Waals surface area contributed by atoms with E-state index >= 15 is 0 Å². The van der Waals surface area contributed by atoms with Crippen LogP contribution in [-0.2, 0) is 17.8 Å². The second-order valence-electron chi connectivity index (χ2n) is 7.70. The highest BCUT2D eigenvalue weighted by molar-refractivity contribution is 7.16. The number of aryl methyl sites for hydroxylation is 1. The van der Waals surface area contributed by atoms with Gasteiger partial charge in [0.25, 0.3) is 17.7 Å². The summed E-state index contributed by atoms with van der Waals surface area (Å²) in [4.78, 5) is 48.9. The Labute approximate surface area is 184 Å². The average molecular weight is 457 g/mol. The van der Waals surface area contributed by atoms with E-state index in [2.05, 4.69) is 27.1 Å². The SMILES string of the molecule is C=N[C@@]12Cn3cc(C(=O)NCc4cn5nc(C)sc5n4)c(=O)c(O)c3C(=O)N1[C@@H](C)CO2. The molecule has 13 heteroatoms. The number of imidazole rings is 1. The molecule has 0 radical (unpaired) electrons. The van der Waals surface area contributed by atoms with Crippen molar-refractivity contribution in [2.75, 3.05) is 6.61 Å². The van der Waals surface area contributed by atoms with Crippen LogP contribution in [0.4, 0.5) is 0 Å². The van der Waals surface area contributed by atoms with Crippen molar-refractivity contribution in [1.29, 1.82) is 0 Å². The summed E-state index contributed by atoms with van der Waals surface area (Å²) < 4.78 is 8.65. The molecule has 1 saturated heterocycles. The van der Waals surface area contributed by atoms with Crippen molar-refractivity contribution < 1.29 is 19.4 Å². The number of nitrogens with one attached hydrogen (secondary N) is 1. The van der Waals surface area contributed by atoms with Gasteiger partial charge in [-0.1, -0.05) is 11.3 Å². The van der Waals surface area contributed by atoms with Crippen molar-refractivity contribution in [3.05, 3.63) is 44.6 Å². The van der Waals surface area contributed by atoms with Crippen LogP contribution in [0.15, 0.2) is 22.2 Å². The zero-order valence-electron chi connectivity index (χ0n) is 17.2. The summed E-state index contributed by atoms with van der Waals surface area (Å²) in [6.45, 7) is 7.45. The van der Waals surface area contributed by atoms with Crippen molar-refractivity contribution in [3.8, 4) is 5.75 Å². The molecular weight excluding hydrogens is 438 g/mol. The van der Waals surface area contributed by atoms with E-state index in [4.69, 9.17) is 4.74 Å². The fourth-order valence-corrected chi connectivity index (χ4v) is 4.83. The van der Waals surface area contributed by atoms with E-state index < -0.39 is 28.8 Å². The first-order valence-corrected chi connectivity index (χ1v) is 10.6. The van der Waals surface area contributed by atoms with Crippen molar-refractivity contribution in [1.82, 2.24) is 29.4 Å². The van der Waals surface area contributed by atoms with Gasteiger partial charge in [-0.3, -0.25) is 19.3 Å². The molecule has 5 rings (SSSR count). The summed E-state index contributed by atoms with van der Waals surface area (Å²) in [6, 6.07) is -0.318. The lowest BCUT2D eigenvalue weighted by Crippen LogP contribution is -2.57. The zero-order chi connectivity index (χ0) is 22.8. The third kappa shape index (κ3) is 2.85. The molecule has 3 aromatic rings. The molecule has 32 heavy (non-hydrogen) atoms. The van der Waals surface area contributed by atoms with E-state index in [1.54, 1.807) is 17.6 Å². The minimum absolute atomic E-state index is 0.0155. The third-order valence-electron chi connectivity index (χ3n) is 5.54. The molecule has 5 heterocycles. The third-order valence-corrected chi connectivity index (χ3v) is 6.38. The number of carbonyl (C=O) groups excluding carboxylic acids is 2. The Morgan fingerprint density at radius 2 is 2.25 bits per heavy atom. The molecule has 0 unspecified atom stereocenters. The number of rotatable bonds is 4. The summed E-state index contributed by atoms with van der Waals surface area (Å²) in [5.74, 6) is -3.47. The molecule has 0 saturated carbocycles. The molecule has 2 N–H and O–H groups in total. The number of fused-ring (bicyclic) bond motifs is 3. The van der Waals surface area contributed by atoms with Crippen LogP contribution in [0.1, 0.15) is 38.5 Å². The first kappa shape index (κ1) is 20.3. The number of amides is 2. The molecule has 2 aliphatic rings. The summed E-state index contributed by atoms with van der Waals surface area (Å²) >= 11 is 1.41. The van der Waals surface area contributed by atoms with Gasteiger partial charge < -0.3 is 19.7 Å². The highest BCUT2D eigenvalue weighted by atomic mass is 32.1. The number of ether oxygens (including phenoxy) is 1. The minimum atomic E-state index is -1.36. The van der Waals surface area contributed by atoms with Crippen LogP contribution in [0.25, 0.3) is 4.96 Å². The van der Waals surface area contributed by atoms with E-state index in [1.807, 2.05) is 6.92 Å². The average Bonchev–Trinajstić information content (AvgIpc) is 3.40. The quantitative estimate of drug-likeness (QED) is 0.530. The summed E-state index contributed by atoms with van der Waals surface area (Å²) in [7, 11) is 0.